The van der Waals surface area contributed by atoms with Crippen molar-refractivity contribution in [2.24, 2.45) is 17.8 Å². The van der Waals surface area contributed by atoms with E-state index >= 15 is 17.6 Å². The number of unbranched alkanes of at least 4 members (excludes halogenated alkanes) is 8. The highest BCUT2D eigenvalue weighted by Crippen LogP contribution is 2.48. The number of halogens is 5. The summed E-state index contributed by atoms with van der Waals surface area (Å²) in [5.41, 5.74) is -1.02. The Balaban J connectivity index is 1.33. The number of ether oxygens (including phenoxy) is 1. The lowest BCUT2D eigenvalue weighted by atomic mass is 9.78. The van der Waals surface area contributed by atoms with E-state index < -0.39 is 35.0 Å². The Kier molecular flexibility index (Phi) is 12.1. The minimum absolute atomic E-state index is 0.116. The van der Waals surface area contributed by atoms with Gasteiger partial charge < -0.3 is 4.74 Å². The lowest BCUT2D eigenvalue weighted by Gasteiger charge is -2.33. The van der Waals surface area contributed by atoms with Crippen LogP contribution in [0.25, 0.3) is 11.3 Å². The van der Waals surface area contributed by atoms with Gasteiger partial charge in [-0.3, -0.25) is 0 Å². The van der Waals surface area contributed by atoms with Crippen LogP contribution in [0.5, 0.6) is 5.75 Å². The van der Waals surface area contributed by atoms with Crippen molar-refractivity contribution in [2.75, 3.05) is 6.61 Å². The molecule has 1 fully saturated rings. The third-order valence-corrected chi connectivity index (χ3v) is 9.43. The molecule has 0 saturated heterocycles. The molecule has 1 heterocycles. The molecule has 0 bridgehead atoms. The van der Waals surface area contributed by atoms with E-state index in [4.69, 9.17) is 4.74 Å². The second-order valence-corrected chi connectivity index (χ2v) is 12.5. The molecule has 1 aromatic heterocycles. The van der Waals surface area contributed by atoms with Crippen LogP contribution in [-0.2, 0) is 12.3 Å². The Morgan fingerprint density at radius 3 is 2.31 bits per heavy atom. The molecule has 2 aromatic rings. The van der Waals surface area contributed by atoms with Crippen molar-refractivity contribution < 1.29 is 26.7 Å². The average Bonchev–Trinajstić information content (AvgIpc) is 3.80. The number of hydrogen-bond acceptors (Lipinski definition) is 2. The van der Waals surface area contributed by atoms with Gasteiger partial charge in [-0.2, -0.15) is 8.78 Å². The minimum Gasteiger partial charge on any atom is -0.490 e. The van der Waals surface area contributed by atoms with Crippen LogP contribution in [0, 0.1) is 35.3 Å². The number of hydrogen-bond donors (Lipinski definition) is 0. The zero-order valence-corrected chi connectivity index (χ0v) is 25.4. The van der Waals surface area contributed by atoms with Gasteiger partial charge in [-0.15, -0.1) is 0 Å². The van der Waals surface area contributed by atoms with Crippen LogP contribution in [0.1, 0.15) is 128 Å². The van der Waals surface area contributed by atoms with Crippen molar-refractivity contribution in [3.8, 4) is 17.0 Å². The second-order valence-electron chi connectivity index (χ2n) is 12.5. The predicted octanol–water partition coefficient (Wildman–Crippen LogP) is 11.3. The van der Waals surface area contributed by atoms with Gasteiger partial charge in [0.15, 0.2) is 11.6 Å². The summed E-state index contributed by atoms with van der Waals surface area (Å²) in [5.74, 6) is -6.49. The first kappa shape index (κ1) is 32.7. The SMILES string of the molecule is CCCCCCCCCC1CCc2cc(-c3ccc(OCCCCCC(CC)C4CC4)c(F)c3F)nc(F)c2C1(F)F. The van der Waals surface area contributed by atoms with Gasteiger partial charge in [0.1, 0.15) is 0 Å². The molecule has 2 nitrogen and oxygen atoms in total. The zero-order chi connectivity index (χ0) is 30.1. The number of alkyl halides is 2. The summed E-state index contributed by atoms with van der Waals surface area (Å²) < 4.78 is 81.4. The molecule has 42 heavy (non-hydrogen) atoms. The van der Waals surface area contributed by atoms with Gasteiger partial charge in [0, 0.05) is 11.5 Å². The van der Waals surface area contributed by atoms with Crippen LogP contribution in [0.4, 0.5) is 22.0 Å². The smallest absolute Gasteiger partial charge is 0.280 e. The highest BCUT2D eigenvalue weighted by atomic mass is 19.3. The third kappa shape index (κ3) is 8.25. The summed E-state index contributed by atoms with van der Waals surface area (Å²) >= 11 is 0. The average molecular weight is 594 g/mol. The van der Waals surface area contributed by atoms with E-state index in [0.717, 1.165) is 56.8 Å². The fourth-order valence-corrected chi connectivity index (χ4v) is 6.69. The number of pyridine rings is 1. The first-order valence-corrected chi connectivity index (χ1v) is 16.5. The molecule has 4 rings (SSSR count). The molecular formula is C35H48F5NO. The highest BCUT2D eigenvalue weighted by molar-refractivity contribution is 5.63. The Morgan fingerprint density at radius 2 is 1.60 bits per heavy atom. The lowest BCUT2D eigenvalue weighted by molar-refractivity contribution is -0.0824. The van der Waals surface area contributed by atoms with Crippen molar-refractivity contribution in [2.45, 2.75) is 129 Å². The van der Waals surface area contributed by atoms with Crippen LogP contribution in [0.2, 0.25) is 0 Å². The Morgan fingerprint density at radius 1 is 0.881 bits per heavy atom. The van der Waals surface area contributed by atoms with Crippen molar-refractivity contribution >= 4 is 0 Å². The number of nitrogens with zero attached hydrogens (tertiary/aromatic N) is 1. The van der Waals surface area contributed by atoms with E-state index in [0.29, 0.717) is 12.8 Å². The Hall–Kier alpha value is -2.18. The molecule has 1 aromatic carbocycles. The summed E-state index contributed by atoms with van der Waals surface area (Å²) in [4.78, 5) is 3.70. The van der Waals surface area contributed by atoms with E-state index in [1.165, 1.54) is 56.7 Å². The van der Waals surface area contributed by atoms with E-state index in [1.54, 1.807) is 0 Å². The quantitative estimate of drug-likeness (QED) is 0.0974. The van der Waals surface area contributed by atoms with E-state index in [9.17, 15) is 4.39 Å². The normalized spacial score (nSPS) is 18.6. The van der Waals surface area contributed by atoms with Gasteiger partial charge in [0.25, 0.3) is 5.92 Å². The van der Waals surface area contributed by atoms with Crippen molar-refractivity contribution in [1.29, 1.82) is 0 Å². The van der Waals surface area contributed by atoms with Crippen LogP contribution in [-0.4, -0.2) is 11.6 Å². The standard InChI is InChI=1S/C35H48F5NO/c1-3-5-6-7-8-9-12-15-27-19-18-26-23-29(41-34(38)31(26)35(27,39)40)28-20-21-30(33(37)32(28)36)42-22-13-10-11-14-24(4-2)25-16-17-25/h20-21,23-25,27H,3-19,22H2,1-2H3. The summed E-state index contributed by atoms with van der Waals surface area (Å²) in [6.07, 6.45) is 16.0. The van der Waals surface area contributed by atoms with Gasteiger partial charge in [0.2, 0.25) is 11.8 Å². The maximum Gasteiger partial charge on any atom is 0.280 e. The molecule has 0 aliphatic heterocycles. The molecule has 2 aliphatic rings. The van der Waals surface area contributed by atoms with Crippen LogP contribution < -0.4 is 4.74 Å². The van der Waals surface area contributed by atoms with E-state index in [1.807, 2.05) is 0 Å². The van der Waals surface area contributed by atoms with Crippen LogP contribution in [0.3, 0.4) is 0 Å². The summed E-state index contributed by atoms with van der Waals surface area (Å²) in [7, 11) is 0. The molecule has 1 saturated carbocycles. The van der Waals surface area contributed by atoms with Gasteiger partial charge in [0.05, 0.1) is 17.9 Å². The van der Waals surface area contributed by atoms with E-state index in [-0.39, 0.29) is 42.0 Å². The number of fused-ring (bicyclic) bond motifs is 1. The maximum atomic E-state index is 15.4. The summed E-state index contributed by atoms with van der Waals surface area (Å²) in [5, 5.41) is 0. The fraction of sp³-hybridized carbons (Fsp3) is 0.686. The minimum atomic E-state index is -3.34. The number of aryl methyl sites for hydroxylation is 1. The van der Waals surface area contributed by atoms with Crippen molar-refractivity contribution in [1.82, 2.24) is 4.98 Å². The van der Waals surface area contributed by atoms with Crippen molar-refractivity contribution in [3.05, 3.63) is 46.9 Å². The first-order chi connectivity index (χ1) is 20.3. The zero-order valence-electron chi connectivity index (χ0n) is 25.4. The molecular weight excluding hydrogens is 545 g/mol. The Labute approximate surface area is 248 Å². The molecule has 0 spiro atoms. The molecule has 0 N–H and O–H groups in total. The number of aromatic nitrogens is 1. The Bertz CT molecular complexity index is 1150. The van der Waals surface area contributed by atoms with Crippen LogP contribution in [0.15, 0.2) is 18.2 Å². The topological polar surface area (TPSA) is 22.1 Å². The molecule has 0 amide bonds. The maximum absolute atomic E-state index is 15.4. The molecule has 2 atom stereocenters. The molecule has 0 radical (unpaired) electrons. The number of benzene rings is 1. The third-order valence-electron chi connectivity index (χ3n) is 9.43. The fourth-order valence-electron chi connectivity index (χ4n) is 6.69. The number of rotatable bonds is 18. The molecule has 7 heteroatoms. The predicted molar refractivity (Wildman–Crippen MR) is 158 cm³/mol. The molecule has 2 aliphatic carbocycles. The van der Waals surface area contributed by atoms with Crippen molar-refractivity contribution in [3.63, 3.8) is 0 Å². The van der Waals surface area contributed by atoms with Gasteiger partial charge in [-0.05, 0) is 74.1 Å². The van der Waals surface area contributed by atoms with Gasteiger partial charge >= 0.3 is 0 Å². The monoisotopic (exact) mass is 593 g/mol. The van der Waals surface area contributed by atoms with Gasteiger partial charge in [-0.25, -0.2) is 18.2 Å². The largest absolute Gasteiger partial charge is 0.490 e. The molecule has 234 valence electrons. The second kappa shape index (κ2) is 15.5. The van der Waals surface area contributed by atoms with Gasteiger partial charge in [-0.1, -0.05) is 84.5 Å². The lowest BCUT2D eigenvalue weighted by Crippen LogP contribution is -2.33. The van der Waals surface area contributed by atoms with Crippen LogP contribution >= 0.6 is 0 Å². The summed E-state index contributed by atoms with van der Waals surface area (Å²) in [6, 6.07) is 3.88. The molecule has 2 unspecified atom stereocenters. The summed E-state index contributed by atoms with van der Waals surface area (Å²) in [6.45, 7) is 4.67. The first-order valence-electron chi connectivity index (χ1n) is 16.5. The van der Waals surface area contributed by atoms with E-state index in [2.05, 4.69) is 18.8 Å². The highest BCUT2D eigenvalue weighted by Gasteiger charge is 2.48.